The molecule has 0 aromatic heterocycles. The molecule has 1 aromatic carbocycles. The first-order chi connectivity index (χ1) is 5.88. The number of hydrogen-bond acceptors (Lipinski definition) is 0. The molecule has 0 fully saturated rings. The summed E-state index contributed by atoms with van der Waals surface area (Å²) in [7, 11) is 6.49. The van der Waals surface area contributed by atoms with E-state index in [0.717, 1.165) is 16.1 Å². The summed E-state index contributed by atoms with van der Waals surface area (Å²) in [6.45, 7) is 3.03. The Labute approximate surface area is 85.5 Å². The van der Waals surface area contributed by atoms with Crippen LogP contribution in [0, 0.1) is 6.92 Å². The summed E-state index contributed by atoms with van der Waals surface area (Å²) in [5.74, 6) is 0. The lowest BCUT2D eigenvalue weighted by Crippen LogP contribution is -2.33. The first-order valence-corrected chi connectivity index (χ1v) is 4.82. The molecule has 0 unspecified atom stereocenters. The van der Waals surface area contributed by atoms with Gasteiger partial charge in [-0.1, -0.05) is 23.7 Å². The van der Waals surface area contributed by atoms with E-state index in [0.29, 0.717) is 0 Å². The van der Waals surface area contributed by atoms with Crippen molar-refractivity contribution in [2.24, 2.45) is 0 Å². The summed E-state index contributed by atoms with van der Waals surface area (Å²) < 4.78 is 0.906. The molecule has 1 rings (SSSR count). The van der Waals surface area contributed by atoms with Crippen LogP contribution in [0.3, 0.4) is 0 Å². The zero-order valence-electron chi connectivity index (χ0n) is 8.76. The second kappa shape index (κ2) is 3.69. The molecule has 0 aliphatic carbocycles. The topological polar surface area (TPSA) is 0 Å². The Morgan fingerprint density at radius 3 is 2.31 bits per heavy atom. The molecule has 0 aliphatic heterocycles. The molecular formula is C11H17ClN+. The summed E-state index contributed by atoms with van der Waals surface area (Å²) in [4.78, 5) is 0. The van der Waals surface area contributed by atoms with Gasteiger partial charge in [-0.15, -0.1) is 0 Å². The first-order valence-electron chi connectivity index (χ1n) is 4.44. The van der Waals surface area contributed by atoms with Gasteiger partial charge < -0.3 is 4.48 Å². The summed E-state index contributed by atoms with van der Waals surface area (Å²) in [6, 6.07) is 6.24. The van der Waals surface area contributed by atoms with E-state index in [9.17, 15) is 0 Å². The van der Waals surface area contributed by atoms with Gasteiger partial charge in [0.15, 0.2) is 0 Å². The molecule has 0 amide bonds. The number of quaternary nitrogens is 1. The molecule has 13 heavy (non-hydrogen) atoms. The molecule has 72 valence electrons. The first kappa shape index (κ1) is 10.6. The lowest BCUT2D eigenvalue weighted by Gasteiger charge is -2.24. The van der Waals surface area contributed by atoms with Crippen LogP contribution in [0.1, 0.15) is 11.1 Å². The predicted octanol–water partition coefficient (Wildman–Crippen LogP) is 2.85. The van der Waals surface area contributed by atoms with Crippen molar-refractivity contribution in [2.75, 3.05) is 21.1 Å². The molecule has 0 atom stereocenters. The number of hydrogen-bond donors (Lipinski definition) is 0. The third-order valence-corrected chi connectivity index (χ3v) is 2.21. The Morgan fingerprint density at radius 2 is 1.85 bits per heavy atom. The van der Waals surface area contributed by atoms with Gasteiger partial charge in [0.1, 0.15) is 6.54 Å². The standard InChI is InChI=1S/C11H17ClN/c1-9-5-6-10(11(12)7-9)8-13(2,3)4/h5-7H,8H2,1-4H3/q+1. The van der Waals surface area contributed by atoms with E-state index in [1.807, 2.05) is 6.07 Å². The molecule has 0 bridgehead atoms. The zero-order valence-corrected chi connectivity index (χ0v) is 9.52. The molecule has 1 nitrogen and oxygen atoms in total. The van der Waals surface area contributed by atoms with Crippen molar-refractivity contribution in [1.29, 1.82) is 0 Å². The van der Waals surface area contributed by atoms with Crippen LogP contribution < -0.4 is 0 Å². The maximum atomic E-state index is 6.13. The average molecular weight is 199 g/mol. The molecule has 0 saturated heterocycles. The highest BCUT2D eigenvalue weighted by atomic mass is 35.5. The van der Waals surface area contributed by atoms with Crippen molar-refractivity contribution >= 4 is 11.6 Å². The normalized spacial score (nSPS) is 11.8. The molecule has 0 aliphatic rings. The monoisotopic (exact) mass is 198 g/mol. The molecular weight excluding hydrogens is 182 g/mol. The van der Waals surface area contributed by atoms with Crippen LogP contribution in [0.25, 0.3) is 0 Å². The van der Waals surface area contributed by atoms with Gasteiger partial charge in [0.05, 0.1) is 21.1 Å². The van der Waals surface area contributed by atoms with Crippen molar-refractivity contribution in [1.82, 2.24) is 0 Å². The molecule has 0 saturated carbocycles. The fraction of sp³-hybridized carbons (Fsp3) is 0.455. The molecule has 0 radical (unpaired) electrons. The van der Waals surface area contributed by atoms with Gasteiger partial charge >= 0.3 is 0 Å². The van der Waals surface area contributed by atoms with Gasteiger partial charge in [0.25, 0.3) is 0 Å². The molecule has 0 spiro atoms. The summed E-state index contributed by atoms with van der Waals surface area (Å²) in [5, 5.41) is 0.882. The van der Waals surface area contributed by atoms with Gasteiger partial charge in [0.2, 0.25) is 0 Å². The Kier molecular flexibility index (Phi) is 2.99. The number of nitrogens with zero attached hydrogens (tertiary/aromatic N) is 1. The second-order valence-electron chi connectivity index (χ2n) is 4.54. The van der Waals surface area contributed by atoms with Crippen LogP contribution in [0.5, 0.6) is 0 Å². The quantitative estimate of drug-likeness (QED) is 0.642. The third kappa shape index (κ3) is 3.37. The number of halogens is 1. The van der Waals surface area contributed by atoms with Crippen molar-refractivity contribution in [3.8, 4) is 0 Å². The van der Waals surface area contributed by atoms with E-state index in [1.165, 1.54) is 11.1 Å². The van der Waals surface area contributed by atoms with Crippen LogP contribution in [0.15, 0.2) is 18.2 Å². The van der Waals surface area contributed by atoms with Crippen LogP contribution in [-0.4, -0.2) is 25.6 Å². The maximum absolute atomic E-state index is 6.13. The maximum Gasteiger partial charge on any atom is 0.105 e. The second-order valence-corrected chi connectivity index (χ2v) is 4.95. The number of aryl methyl sites for hydroxylation is 1. The SMILES string of the molecule is Cc1ccc(C[N+](C)(C)C)c(Cl)c1. The highest BCUT2D eigenvalue weighted by Crippen LogP contribution is 2.19. The summed E-state index contributed by atoms with van der Waals surface area (Å²) in [5.41, 5.74) is 2.44. The van der Waals surface area contributed by atoms with Crippen molar-refractivity contribution in [3.63, 3.8) is 0 Å². The minimum absolute atomic E-state index is 0.882. The highest BCUT2D eigenvalue weighted by molar-refractivity contribution is 6.31. The molecule has 2 heteroatoms. The van der Waals surface area contributed by atoms with Crippen molar-refractivity contribution in [3.05, 3.63) is 34.3 Å². The molecule has 1 aromatic rings. The highest BCUT2D eigenvalue weighted by Gasteiger charge is 2.11. The fourth-order valence-electron chi connectivity index (χ4n) is 1.29. The van der Waals surface area contributed by atoms with Crippen LogP contribution >= 0.6 is 11.6 Å². The fourth-order valence-corrected chi connectivity index (χ4v) is 1.59. The van der Waals surface area contributed by atoms with Crippen LogP contribution in [-0.2, 0) is 6.54 Å². The summed E-state index contributed by atoms with van der Waals surface area (Å²) in [6.07, 6.45) is 0. The number of rotatable bonds is 2. The molecule has 0 heterocycles. The van der Waals surface area contributed by atoms with Gasteiger partial charge in [-0.3, -0.25) is 0 Å². The van der Waals surface area contributed by atoms with Gasteiger partial charge in [-0.05, 0) is 18.6 Å². The Bertz CT molecular complexity index is 299. The summed E-state index contributed by atoms with van der Waals surface area (Å²) >= 11 is 6.13. The van der Waals surface area contributed by atoms with Crippen LogP contribution in [0.4, 0.5) is 0 Å². The Hall–Kier alpha value is -0.530. The van der Waals surface area contributed by atoms with E-state index in [2.05, 4.69) is 40.2 Å². The largest absolute Gasteiger partial charge is 0.327 e. The zero-order chi connectivity index (χ0) is 10.1. The molecule has 0 N–H and O–H groups in total. The van der Waals surface area contributed by atoms with E-state index in [4.69, 9.17) is 11.6 Å². The van der Waals surface area contributed by atoms with Gasteiger partial charge in [-0.2, -0.15) is 0 Å². The predicted molar refractivity (Wildman–Crippen MR) is 57.9 cm³/mol. The minimum Gasteiger partial charge on any atom is -0.327 e. The Morgan fingerprint density at radius 1 is 1.23 bits per heavy atom. The van der Waals surface area contributed by atoms with E-state index >= 15 is 0 Å². The van der Waals surface area contributed by atoms with E-state index in [1.54, 1.807) is 0 Å². The third-order valence-electron chi connectivity index (χ3n) is 1.85. The lowest BCUT2D eigenvalue weighted by atomic mass is 10.1. The van der Waals surface area contributed by atoms with Crippen molar-refractivity contribution in [2.45, 2.75) is 13.5 Å². The van der Waals surface area contributed by atoms with Gasteiger partial charge in [0, 0.05) is 10.6 Å². The smallest absolute Gasteiger partial charge is 0.105 e. The van der Waals surface area contributed by atoms with E-state index in [-0.39, 0.29) is 0 Å². The van der Waals surface area contributed by atoms with E-state index < -0.39 is 0 Å². The minimum atomic E-state index is 0.882. The van der Waals surface area contributed by atoms with Crippen molar-refractivity contribution < 1.29 is 4.48 Å². The number of benzene rings is 1. The lowest BCUT2D eigenvalue weighted by molar-refractivity contribution is -0.883. The van der Waals surface area contributed by atoms with Gasteiger partial charge in [-0.25, -0.2) is 0 Å². The van der Waals surface area contributed by atoms with Crippen LogP contribution in [0.2, 0.25) is 5.02 Å². The average Bonchev–Trinajstić information content (AvgIpc) is 1.93. The Balaban J connectivity index is 2.90.